The molecule has 0 bridgehead atoms. The minimum absolute atomic E-state index is 0.0956. The van der Waals surface area contributed by atoms with E-state index in [0.717, 1.165) is 17.7 Å². The maximum absolute atomic E-state index is 6.37. The van der Waals surface area contributed by atoms with Crippen LogP contribution in [0, 0.1) is 12.8 Å². The van der Waals surface area contributed by atoms with E-state index in [2.05, 4.69) is 27.7 Å². The molecule has 3 heteroatoms. The minimum atomic E-state index is -0.206. The SMILES string of the molecule is Cc1ccoc1C(N)C1CC(C)(C)OC1(C)C. The molecule has 0 spiro atoms. The largest absolute Gasteiger partial charge is 0.467 e. The van der Waals surface area contributed by atoms with Crippen molar-refractivity contribution in [1.29, 1.82) is 0 Å². The van der Waals surface area contributed by atoms with Gasteiger partial charge in [0.05, 0.1) is 23.5 Å². The maximum Gasteiger partial charge on any atom is 0.123 e. The summed E-state index contributed by atoms with van der Waals surface area (Å²) in [6, 6.07) is 1.87. The quantitative estimate of drug-likeness (QED) is 0.859. The number of hydrogen-bond acceptors (Lipinski definition) is 3. The topological polar surface area (TPSA) is 48.4 Å². The zero-order valence-corrected chi connectivity index (χ0v) is 11.4. The first-order chi connectivity index (χ1) is 7.73. The Bertz CT molecular complexity index is 406. The molecular formula is C14H23NO2. The maximum atomic E-state index is 6.37. The molecule has 2 N–H and O–H groups in total. The number of aryl methyl sites for hydroxylation is 1. The summed E-state index contributed by atoms with van der Waals surface area (Å²) in [5.74, 6) is 1.17. The number of nitrogens with two attached hydrogens (primary N) is 1. The average molecular weight is 237 g/mol. The van der Waals surface area contributed by atoms with Crippen molar-refractivity contribution < 1.29 is 9.15 Å². The van der Waals surface area contributed by atoms with Gasteiger partial charge in [0.1, 0.15) is 5.76 Å². The van der Waals surface area contributed by atoms with Crippen molar-refractivity contribution in [2.24, 2.45) is 11.7 Å². The summed E-state index contributed by atoms with van der Waals surface area (Å²) in [6.07, 6.45) is 2.67. The molecule has 2 rings (SSSR count). The molecule has 17 heavy (non-hydrogen) atoms. The molecule has 0 amide bonds. The van der Waals surface area contributed by atoms with Crippen molar-refractivity contribution in [1.82, 2.24) is 0 Å². The Labute approximate surface area is 103 Å². The highest BCUT2D eigenvalue weighted by Gasteiger charge is 2.49. The fourth-order valence-electron chi connectivity index (χ4n) is 3.07. The Morgan fingerprint density at radius 2 is 2.00 bits per heavy atom. The third-order valence-electron chi connectivity index (χ3n) is 3.78. The fourth-order valence-corrected chi connectivity index (χ4v) is 3.07. The van der Waals surface area contributed by atoms with Gasteiger partial charge in [-0.25, -0.2) is 0 Å². The lowest BCUT2D eigenvalue weighted by atomic mass is 9.80. The molecule has 1 saturated heterocycles. The molecule has 0 saturated carbocycles. The van der Waals surface area contributed by atoms with E-state index in [1.807, 2.05) is 13.0 Å². The summed E-state index contributed by atoms with van der Waals surface area (Å²) in [4.78, 5) is 0. The fraction of sp³-hybridized carbons (Fsp3) is 0.714. The van der Waals surface area contributed by atoms with E-state index in [1.54, 1.807) is 6.26 Å². The molecule has 2 heterocycles. The smallest absolute Gasteiger partial charge is 0.123 e. The van der Waals surface area contributed by atoms with Crippen LogP contribution in [0.2, 0.25) is 0 Å². The molecule has 1 fully saturated rings. The predicted molar refractivity (Wildman–Crippen MR) is 67.7 cm³/mol. The van der Waals surface area contributed by atoms with E-state index in [0.29, 0.717) is 0 Å². The van der Waals surface area contributed by atoms with Crippen molar-refractivity contribution in [3.63, 3.8) is 0 Å². The van der Waals surface area contributed by atoms with Crippen molar-refractivity contribution in [3.8, 4) is 0 Å². The first-order valence-electron chi connectivity index (χ1n) is 6.23. The van der Waals surface area contributed by atoms with Crippen LogP contribution in [0.3, 0.4) is 0 Å². The molecule has 2 unspecified atom stereocenters. The summed E-state index contributed by atoms with van der Waals surface area (Å²) >= 11 is 0. The highest BCUT2D eigenvalue weighted by atomic mass is 16.5. The summed E-state index contributed by atoms with van der Waals surface area (Å²) in [6.45, 7) is 10.5. The molecule has 0 aliphatic carbocycles. The minimum Gasteiger partial charge on any atom is -0.467 e. The van der Waals surface area contributed by atoms with Crippen LogP contribution in [0.1, 0.15) is 51.5 Å². The van der Waals surface area contributed by atoms with Crippen LogP contribution in [0.25, 0.3) is 0 Å². The van der Waals surface area contributed by atoms with Crippen LogP contribution < -0.4 is 5.73 Å². The molecule has 96 valence electrons. The van der Waals surface area contributed by atoms with Crippen molar-refractivity contribution >= 4 is 0 Å². The van der Waals surface area contributed by atoms with E-state index >= 15 is 0 Å². The third kappa shape index (κ3) is 2.26. The van der Waals surface area contributed by atoms with Gasteiger partial charge in [0.25, 0.3) is 0 Å². The molecule has 1 aromatic heterocycles. The molecular weight excluding hydrogens is 214 g/mol. The summed E-state index contributed by atoms with van der Waals surface area (Å²) in [5.41, 5.74) is 7.18. The second-order valence-corrected chi connectivity index (χ2v) is 6.27. The van der Waals surface area contributed by atoms with Gasteiger partial charge in [0.15, 0.2) is 0 Å². The predicted octanol–water partition coefficient (Wildman–Crippen LogP) is 3.18. The third-order valence-corrected chi connectivity index (χ3v) is 3.78. The van der Waals surface area contributed by atoms with Crippen LogP contribution >= 0.6 is 0 Å². The van der Waals surface area contributed by atoms with Crippen LogP contribution in [-0.4, -0.2) is 11.2 Å². The molecule has 1 aliphatic rings. The van der Waals surface area contributed by atoms with E-state index < -0.39 is 0 Å². The first kappa shape index (κ1) is 12.7. The summed E-state index contributed by atoms with van der Waals surface area (Å²) in [7, 11) is 0. The van der Waals surface area contributed by atoms with Crippen molar-refractivity contribution in [2.75, 3.05) is 0 Å². The molecule has 0 radical (unpaired) electrons. The van der Waals surface area contributed by atoms with Crippen LogP contribution in [0.4, 0.5) is 0 Å². The molecule has 0 aromatic carbocycles. The zero-order valence-electron chi connectivity index (χ0n) is 11.4. The van der Waals surface area contributed by atoms with Gasteiger partial charge >= 0.3 is 0 Å². The normalized spacial score (nSPS) is 28.2. The Kier molecular flexibility index (Phi) is 2.87. The van der Waals surface area contributed by atoms with E-state index in [4.69, 9.17) is 14.9 Å². The number of rotatable bonds is 2. The molecule has 3 nitrogen and oxygen atoms in total. The van der Waals surface area contributed by atoms with Gasteiger partial charge in [-0.3, -0.25) is 0 Å². The lowest BCUT2D eigenvalue weighted by molar-refractivity contribution is -0.0772. The molecule has 2 atom stereocenters. The highest BCUT2D eigenvalue weighted by Crippen LogP contribution is 2.47. The van der Waals surface area contributed by atoms with Crippen LogP contribution in [0.5, 0.6) is 0 Å². The van der Waals surface area contributed by atoms with Gasteiger partial charge in [-0.15, -0.1) is 0 Å². The number of hydrogen-bond donors (Lipinski definition) is 1. The van der Waals surface area contributed by atoms with E-state index in [9.17, 15) is 0 Å². The zero-order chi connectivity index (χ0) is 12.8. The average Bonchev–Trinajstić information content (AvgIpc) is 2.66. The van der Waals surface area contributed by atoms with Gasteiger partial charge < -0.3 is 14.9 Å². The van der Waals surface area contributed by atoms with Gasteiger partial charge in [-0.05, 0) is 52.7 Å². The van der Waals surface area contributed by atoms with E-state index in [1.165, 1.54) is 0 Å². The van der Waals surface area contributed by atoms with Crippen molar-refractivity contribution in [3.05, 3.63) is 23.7 Å². The Hall–Kier alpha value is -0.800. The van der Waals surface area contributed by atoms with Gasteiger partial charge in [0.2, 0.25) is 0 Å². The van der Waals surface area contributed by atoms with Gasteiger partial charge in [-0.2, -0.15) is 0 Å². The lowest BCUT2D eigenvalue weighted by Crippen LogP contribution is -2.35. The second-order valence-electron chi connectivity index (χ2n) is 6.27. The first-order valence-corrected chi connectivity index (χ1v) is 6.23. The summed E-state index contributed by atoms with van der Waals surface area (Å²) in [5, 5.41) is 0. The lowest BCUT2D eigenvalue weighted by Gasteiger charge is -2.30. The Morgan fingerprint density at radius 1 is 1.35 bits per heavy atom. The number of ether oxygens (including phenoxy) is 1. The Balaban J connectivity index is 2.26. The second kappa shape index (κ2) is 3.85. The van der Waals surface area contributed by atoms with Crippen LogP contribution in [0.15, 0.2) is 16.7 Å². The number of furan rings is 1. The Morgan fingerprint density at radius 3 is 2.41 bits per heavy atom. The molecule has 1 aromatic rings. The van der Waals surface area contributed by atoms with Gasteiger partial charge in [0, 0.05) is 5.92 Å². The molecule has 1 aliphatic heterocycles. The van der Waals surface area contributed by atoms with Crippen molar-refractivity contribution in [2.45, 2.75) is 58.3 Å². The summed E-state index contributed by atoms with van der Waals surface area (Å²) < 4.78 is 11.6. The standard InChI is InChI=1S/C14H23NO2/c1-9-6-7-16-12(9)11(15)10-8-13(2,3)17-14(10,4)5/h6-7,10-11H,8,15H2,1-5H3. The van der Waals surface area contributed by atoms with Crippen LogP contribution in [-0.2, 0) is 4.74 Å². The van der Waals surface area contributed by atoms with Gasteiger partial charge in [-0.1, -0.05) is 0 Å². The monoisotopic (exact) mass is 237 g/mol. The highest BCUT2D eigenvalue weighted by molar-refractivity contribution is 5.20. The van der Waals surface area contributed by atoms with E-state index in [-0.39, 0.29) is 23.2 Å².